The van der Waals surface area contributed by atoms with Gasteiger partial charge in [0.2, 0.25) is 0 Å². The number of benzene rings is 2. The molecule has 7 heteroatoms. The molecule has 0 saturated carbocycles. The minimum atomic E-state index is -0.199. The number of rotatable bonds is 4. The van der Waals surface area contributed by atoms with Gasteiger partial charge in [-0.05, 0) is 6.07 Å². The maximum atomic E-state index is 12.6. The van der Waals surface area contributed by atoms with Gasteiger partial charge in [-0.2, -0.15) is 0 Å². The van der Waals surface area contributed by atoms with Crippen molar-refractivity contribution in [3.8, 4) is 11.5 Å². The summed E-state index contributed by atoms with van der Waals surface area (Å²) in [6.45, 7) is 0. The van der Waals surface area contributed by atoms with Gasteiger partial charge in [0.05, 0.1) is 30.0 Å². The van der Waals surface area contributed by atoms with E-state index >= 15 is 0 Å². The fraction of sp³-hybridized carbons (Fsp3) is 0.111. The molecular formula is C18H15N3O3S. The van der Waals surface area contributed by atoms with Gasteiger partial charge in [0.25, 0.3) is 5.91 Å². The number of hydrogen-bond acceptors (Lipinski definition) is 5. The summed E-state index contributed by atoms with van der Waals surface area (Å²) >= 11 is 1.39. The Morgan fingerprint density at radius 1 is 1.16 bits per heavy atom. The largest absolute Gasteiger partial charge is 0.493 e. The van der Waals surface area contributed by atoms with Gasteiger partial charge in [0, 0.05) is 29.2 Å². The van der Waals surface area contributed by atoms with E-state index in [0.29, 0.717) is 22.2 Å². The zero-order chi connectivity index (χ0) is 17.4. The molecule has 0 atom stereocenters. The van der Waals surface area contributed by atoms with Crippen molar-refractivity contribution in [2.75, 3.05) is 19.5 Å². The number of nitrogens with one attached hydrogen (secondary N) is 2. The molecule has 4 rings (SSSR count). The van der Waals surface area contributed by atoms with Crippen LogP contribution in [0.3, 0.4) is 0 Å². The van der Waals surface area contributed by atoms with Crippen LogP contribution in [-0.2, 0) is 0 Å². The Morgan fingerprint density at radius 2 is 1.92 bits per heavy atom. The minimum absolute atomic E-state index is 0.199. The third-order valence-electron chi connectivity index (χ3n) is 3.95. The number of carbonyl (C=O) groups is 1. The van der Waals surface area contributed by atoms with E-state index in [0.717, 1.165) is 21.1 Å². The van der Waals surface area contributed by atoms with E-state index in [1.807, 2.05) is 30.3 Å². The number of thiazole rings is 1. The van der Waals surface area contributed by atoms with Crippen LogP contribution in [-0.4, -0.2) is 30.1 Å². The predicted octanol–water partition coefficient (Wildman–Crippen LogP) is 4.05. The first-order valence-electron chi connectivity index (χ1n) is 7.59. The maximum absolute atomic E-state index is 12.6. The van der Waals surface area contributed by atoms with Crippen LogP contribution in [0.5, 0.6) is 11.5 Å². The molecule has 2 heterocycles. The van der Waals surface area contributed by atoms with Crippen LogP contribution >= 0.6 is 11.3 Å². The van der Waals surface area contributed by atoms with Gasteiger partial charge in [-0.15, -0.1) is 0 Å². The Bertz CT molecular complexity index is 1040. The summed E-state index contributed by atoms with van der Waals surface area (Å²) in [6.07, 6.45) is 1.71. The first-order chi connectivity index (χ1) is 12.2. The predicted molar refractivity (Wildman–Crippen MR) is 99.0 cm³/mol. The minimum Gasteiger partial charge on any atom is -0.493 e. The molecule has 0 bridgehead atoms. The molecule has 2 N–H and O–H groups in total. The number of methoxy groups -OCH3 is 2. The van der Waals surface area contributed by atoms with Crippen LogP contribution in [0.15, 0.2) is 42.6 Å². The number of anilines is 1. The van der Waals surface area contributed by atoms with Gasteiger partial charge in [-0.1, -0.05) is 29.5 Å². The van der Waals surface area contributed by atoms with Gasteiger partial charge in [-0.3, -0.25) is 10.1 Å². The first-order valence-corrected chi connectivity index (χ1v) is 8.41. The quantitative estimate of drug-likeness (QED) is 0.580. The second-order valence-corrected chi connectivity index (χ2v) is 6.43. The number of aromatic nitrogens is 2. The van der Waals surface area contributed by atoms with Gasteiger partial charge in [0.1, 0.15) is 0 Å². The highest BCUT2D eigenvalue weighted by molar-refractivity contribution is 7.22. The van der Waals surface area contributed by atoms with Crippen LogP contribution in [0.4, 0.5) is 5.13 Å². The highest BCUT2D eigenvalue weighted by atomic mass is 32.1. The van der Waals surface area contributed by atoms with Gasteiger partial charge in [0.15, 0.2) is 16.6 Å². The molecule has 0 aliphatic heterocycles. The van der Waals surface area contributed by atoms with Crippen molar-refractivity contribution < 1.29 is 14.3 Å². The highest BCUT2D eigenvalue weighted by Gasteiger charge is 2.15. The molecule has 0 aliphatic rings. The van der Waals surface area contributed by atoms with E-state index in [1.54, 1.807) is 26.5 Å². The summed E-state index contributed by atoms with van der Waals surface area (Å²) in [5.41, 5.74) is 2.26. The Balaban J connectivity index is 1.67. The normalized spacial score (nSPS) is 11.0. The standard InChI is InChI=1S/C18H15N3O3S/c1-23-14-7-13-16(8-15(14)24-2)25-18(20-13)21-17(22)11-9-19-12-6-4-3-5-10(11)12/h3-9,19H,1-2H3,(H,20,21,22). The lowest BCUT2D eigenvalue weighted by Crippen LogP contribution is -2.10. The van der Waals surface area contributed by atoms with Crippen LogP contribution in [0, 0.1) is 0 Å². The summed E-state index contributed by atoms with van der Waals surface area (Å²) in [5, 5.41) is 4.28. The lowest BCUT2D eigenvalue weighted by molar-refractivity contribution is 0.102. The van der Waals surface area contributed by atoms with E-state index < -0.39 is 0 Å². The zero-order valence-electron chi connectivity index (χ0n) is 13.6. The average Bonchev–Trinajstić information content (AvgIpc) is 3.23. The molecule has 2 aromatic carbocycles. The molecule has 6 nitrogen and oxygen atoms in total. The fourth-order valence-corrected chi connectivity index (χ4v) is 3.60. The Hall–Kier alpha value is -3.06. The van der Waals surface area contributed by atoms with Crippen molar-refractivity contribution in [3.63, 3.8) is 0 Å². The van der Waals surface area contributed by atoms with Crippen molar-refractivity contribution in [1.29, 1.82) is 0 Å². The molecule has 4 aromatic rings. The van der Waals surface area contributed by atoms with Crippen LogP contribution in [0.2, 0.25) is 0 Å². The van der Waals surface area contributed by atoms with Gasteiger partial charge in [-0.25, -0.2) is 4.98 Å². The summed E-state index contributed by atoms with van der Waals surface area (Å²) in [5.74, 6) is 1.04. The first kappa shape index (κ1) is 15.5. The van der Waals surface area contributed by atoms with Crippen LogP contribution < -0.4 is 14.8 Å². The molecule has 126 valence electrons. The van der Waals surface area contributed by atoms with Crippen molar-refractivity contribution in [3.05, 3.63) is 48.2 Å². The summed E-state index contributed by atoms with van der Waals surface area (Å²) in [4.78, 5) is 20.2. The zero-order valence-corrected chi connectivity index (χ0v) is 14.4. The molecule has 0 unspecified atom stereocenters. The van der Waals surface area contributed by atoms with Crippen molar-refractivity contribution in [2.45, 2.75) is 0 Å². The molecule has 25 heavy (non-hydrogen) atoms. The molecule has 0 saturated heterocycles. The van der Waals surface area contributed by atoms with Crippen LogP contribution in [0.1, 0.15) is 10.4 Å². The van der Waals surface area contributed by atoms with Gasteiger partial charge >= 0.3 is 0 Å². The number of nitrogens with zero attached hydrogens (tertiary/aromatic N) is 1. The second kappa shape index (κ2) is 6.10. The Morgan fingerprint density at radius 3 is 2.72 bits per heavy atom. The smallest absolute Gasteiger partial charge is 0.259 e. The molecule has 0 fully saturated rings. The molecule has 0 aliphatic carbocycles. The van der Waals surface area contributed by atoms with Crippen LogP contribution in [0.25, 0.3) is 21.1 Å². The number of carbonyl (C=O) groups excluding carboxylic acids is 1. The molecule has 2 aromatic heterocycles. The fourth-order valence-electron chi connectivity index (χ4n) is 2.73. The van der Waals surface area contributed by atoms with Gasteiger partial charge < -0.3 is 14.5 Å². The average molecular weight is 353 g/mol. The summed E-state index contributed by atoms with van der Waals surface area (Å²) in [7, 11) is 3.17. The Kier molecular flexibility index (Phi) is 3.77. The van der Waals surface area contributed by atoms with E-state index in [4.69, 9.17) is 9.47 Å². The summed E-state index contributed by atoms with van der Waals surface area (Å²) < 4.78 is 11.5. The Labute approximate surface area is 147 Å². The van der Waals surface area contributed by atoms with E-state index in [9.17, 15) is 4.79 Å². The van der Waals surface area contributed by atoms with E-state index in [1.165, 1.54) is 11.3 Å². The third kappa shape index (κ3) is 2.68. The molecule has 0 spiro atoms. The number of para-hydroxylation sites is 1. The number of amides is 1. The SMILES string of the molecule is COc1cc2nc(NC(=O)c3c[nH]c4ccccc34)sc2cc1OC. The molecular weight excluding hydrogens is 338 g/mol. The second-order valence-electron chi connectivity index (χ2n) is 5.40. The molecule has 0 radical (unpaired) electrons. The van der Waals surface area contributed by atoms with Crippen molar-refractivity contribution in [1.82, 2.24) is 9.97 Å². The number of ether oxygens (including phenoxy) is 2. The number of aromatic amines is 1. The monoisotopic (exact) mass is 353 g/mol. The summed E-state index contributed by atoms with van der Waals surface area (Å²) in [6, 6.07) is 11.3. The molecule has 1 amide bonds. The third-order valence-corrected chi connectivity index (χ3v) is 4.88. The number of fused-ring (bicyclic) bond motifs is 2. The van der Waals surface area contributed by atoms with E-state index in [2.05, 4.69) is 15.3 Å². The van der Waals surface area contributed by atoms with Crippen molar-refractivity contribution >= 4 is 43.5 Å². The topological polar surface area (TPSA) is 76.2 Å². The number of H-pyrrole nitrogens is 1. The van der Waals surface area contributed by atoms with E-state index in [-0.39, 0.29) is 5.91 Å². The highest BCUT2D eigenvalue weighted by Crippen LogP contribution is 2.36. The van der Waals surface area contributed by atoms with Crippen molar-refractivity contribution in [2.24, 2.45) is 0 Å². The lowest BCUT2D eigenvalue weighted by atomic mass is 10.2. The lowest BCUT2D eigenvalue weighted by Gasteiger charge is -2.05. The maximum Gasteiger partial charge on any atom is 0.259 e. The number of hydrogen-bond donors (Lipinski definition) is 2.